The molecule has 1 N–H and O–H groups in total. The first-order chi connectivity index (χ1) is 16.7. The van der Waals surface area contributed by atoms with E-state index in [1.807, 2.05) is 18.2 Å². The third-order valence-electron chi connectivity index (χ3n) is 7.42. The van der Waals surface area contributed by atoms with Gasteiger partial charge in [0.15, 0.2) is 0 Å². The van der Waals surface area contributed by atoms with Crippen molar-refractivity contribution in [3.8, 4) is 5.75 Å². The number of amides is 1. The lowest BCUT2D eigenvalue weighted by Gasteiger charge is -2.55. The maximum atomic E-state index is 13.0. The molecule has 1 unspecified atom stereocenters. The Bertz CT molecular complexity index is 1090. The van der Waals surface area contributed by atoms with E-state index in [1.165, 1.54) is 6.92 Å². The van der Waals surface area contributed by atoms with Crippen LogP contribution in [0.15, 0.2) is 42.5 Å². The fourth-order valence-corrected chi connectivity index (χ4v) is 6.19. The van der Waals surface area contributed by atoms with Crippen LogP contribution in [0.1, 0.15) is 37.3 Å². The highest BCUT2D eigenvalue weighted by Gasteiger charge is 2.52. The fourth-order valence-electron chi connectivity index (χ4n) is 5.87. The Labute approximate surface area is 216 Å². The summed E-state index contributed by atoms with van der Waals surface area (Å²) in [5.41, 5.74) is 1.74. The number of piperidine rings is 1. The van der Waals surface area contributed by atoms with E-state index in [-0.39, 0.29) is 41.8 Å². The van der Waals surface area contributed by atoms with Crippen molar-refractivity contribution in [1.82, 2.24) is 10.2 Å². The molecule has 1 heterocycles. The number of hydrogen-bond donors (Lipinski definition) is 1. The average molecular weight is 519 g/mol. The van der Waals surface area contributed by atoms with Crippen molar-refractivity contribution in [3.63, 3.8) is 0 Å². The molecule has 2 aromatic rings. The number of nitrogens with one attached hydrogen (secondary N) is 1. The van der Waals surface area contributed by atoms with Gasteiger partial charge in [-0.25, -0.2) is 0 Å². The second-order valence-corrected chi connectivity index (χ2v) is 10.6. The molecule has 0 radical (unpaired) electrons. The molecule has 6 nitrogen and oxygen atoms in total. The predicted octanol–water partition coefficient (Wildman–Crippen LogP) is 4.64. The number of nitrogens with zero attached hydrogens (tertiary/aromatic N) is 1. The molecular weight excluding hydrogens is 487 g/mol. The van der Waals surface area contributed by atoms with Crippen LogP contribution in [0.3, 0.4) is 0 Å². The van der Waals surface area contributed by atoms with Crippen LogP contribution < -0.4 is 10.1 Å². The molecule has 35 heavy (non-hydrogen) atoms. The van der Waals surface area contributed by atoms with Gasteiger partial charge in [-0.2, -0.15) is 0 Å². The number of hydrogen-bond acceptors (Lipinski definition) is 5. The lowest BCUT2D eigenvalue weighted by molar-refractivity contribution is -0.132. The number of ether oxygens (including phenoxy) is 2. The predicted molar refractivity (Wildman–Crippen MR) is 137 cm³/mol. The summed E-state index contributed by atoms with van der Waals surface area (Å²) in [5, 5.41) is 4.17. The quantitative estimate of drug-likeness (QED) is 0.445. The molecule has 0 bridgehead atoms. The van der Waals surface area contributed by atoms with Gasteiger partial charge in [0.2, 0.25) is 5.91 Å². The van der Waals surface area contributed by atoms with Gasteiger partial charge in [-0.3, -0.25) is 9.59 Å². The highest BCUT2D eigenvalue weighted by atomic mass is 35.5. The number of carbonyl (C=O) groups is 2. The zero-order valence-electron chi connectivity index (χ0n) is 20.4. The molecule has 1 saturated carbocycles. The Kier molecular flexibility index (Phi) is 8.06. The zero-order valence-corrected chi connectivity index (χ0v) is 21.9. The summed E-state index contributed by atoms with van der Waals surface area (Å²) >= 11 is 12.1. The van der Waals surface area contributed by atoms with Gasteiger partial charge < -0.3 is 19.7 Å². The first kappa shape index (κ1) is 26.0. The summed E-state index contributed by atoms with van der Waals surface area (Å²) in [4.78, 5) is 26.9. The van der Waals surface area contributed by atoms with Crippen molar-refractivity contribution in [1.29, 1.82) is 0 Å². The van der Waals surface area contributed by atoms with Crippen molar-refractivity contribution < 1.29 is 19.1 Å². The standard InChI is InChI=1S/C27H32Cl2N2O4/c1-17(32)35-21-6-4-5-19(13-21)27-9-10-31(2)16-22(27)25(34-3)14-20(15-27)30-26(33)12-18-7-8-23(28)24(29)11-18/h4-8,11,13,20,22,25H,9-10,12,14-16H2,1-3H3,(H,30,33)/t20-,22+,25?,27+/m1/s1. The number of rotatable bonds is 6. The minimum absolute atomic E-state index is 0.0147. The summed E-state index contributed by atoms with van der Waals surface area (Å²) in [6.07, 6.45) is 2.68. The number of fused-ring (bicyclic) bond motifs is 1. The third kappa shape index (κ3) is 5.83. The van der Waals surface area contributed by atoms with E-state index < -0.39 is 0 Å². The van der Waals surface area contributed by atoms with E-state index in [1.54, 1.807) is 25.3 Å². The van der Waals surface area contributed by atoms with Crippen LogP contribution in [0.25, 0.3) is 0 Å². The van der Waals surface area contributed by atoms with Gasteiger partial charge in [-0.1, -0.05) is 41.4 Å². The molecule has 1 aliphatic carbocycles. The topological polar surface area (TPSA) is 67.9 Å². The minimum atomic E-state index is -0.342. The first-order valence-electron chi connectivity index (χ1n) is 11.9. The zero-order chi connectivity index (χ0) is 25.2. The van der Waals surface area contributed by atoms with Crippen molar-refractivity contribution >= 4 is 35.1 Å². The third-order valence-corrected chi connectivity index (χ3v) is 8.16. The van der Waals surface area contributed by atoms with Crippen LogP contribution in [0.4, 0.5) is 0 Å². The fraction of sp³-hybridized carbons (Fsp3) is 0.481. The lowest BCUT2D eigenvalue weighted by Crippen LogP contribution is -2.60. The molecule has 1 saturated heterocycles. The maximum absolute atomic E-state index is 13.0. The first-order valence-corrected chi connectivity index (χ1v) is 12.7. The number of methoxy groups -OCH3 is 1. The Hall–Kier alpha value is -2.12. The van der Waals surface area contributed by atoms with Gasteiger partial charge in [0.05, 0.1) is 22.6 Å². The van der Waals surface area contributed by atoms with Crippen molar-refractivity contribution in [2.75, 3.05) is 27.2 Å². The van der Waals surface area contributed by atoms with Crippen LogP contribution in [0.2, 0.25) is 10.0 Å². The lowest BCUT2D eigenvalue weighted by atomic mass is 9.57. The van der Waals surface area contributed by atoms with E-state index in [9.17, 15) is 9.59 Å². The number of carbonyl (C=O) groups excluding carboxylic acids is 2. The molecule has 2 fully saturated rings. The molecule has 0 spiro atoms. The van der Waals surface area contributed by atoms with Gasteiger partial charge in [0.25, 0.3) is 0 Å². The molecule has 188 valence electrons. The molecule has 8 heteroatoms. The van der Waals surface area contributed by atoms with Gasteiger partial charge >= 0.3 is 5.97 Å². The second kappa shape index (κ2) is 10.9. The van der Waals surface area contributed by atoms with Crippen LogP contribution >= 0.6 is 23.2 Å². The Morgan fingerprint density at radius 2 is 1.97 bits per heavy atom. The van der Waals surface area contributed by atoms with Crippen molar-refractivity contribution in [2.24, 2.45) is 5.92 Å². The normalized spacial score (nSPS) is 26.6. The summed E-state index contributed by atoms with van der Waals surface area (Å²) < 4.78 is 11.4. The van der Waals surface area contributed by atoms with Crippen LogP contribution in [0.5, 0.6) is 5.75 Å². The van der Waals surface area contributed by atoms with Crippen LogP contribution in [0, 0.1) is 5.92 Å². The largest absolute Gasteiger partial charge is 0.427 e. The average Bonchev–Trinajstić information content (AvgIpc) is 2.81. The summed E-state index contributed by atoms with van der Waals surface area (Å²) in [7, 11) is 3.89. The molecule has 2 aromatic carbocycles. The van der Waals surface area contributed by atoms with Crippen molar-refractivity contribution in [3.05, 3.63) is 63.6 Å². The summed E-state index contributed by atoms with van der Waals surface area (Å²) in [6.45, 7) is 3.25. The molecule has 0 aromatic heterocycles. The van der Waals surface area contributed by atoms with Crippen LogP contribution in [-0.2, 0) is 26.2 Å². The number of benzene rings is 2. The number of esters is 1. The Morgan fingerprint density at radius 1 is 1.17 bits per heavy atom. The van der Waals surface area contributed by atoms with Gasteiger partial charge in [0.1, 0.15) is 5.75 Å². The van der Waals surface area contributed by atoms with Crippen LogP contribution in [-0.4, -0.2) is 56.2 Å². The molecule has 1 amide bonds. The van der Waals surface area contributed by atoms with E-state index in [0.717, 1.165) is 43.5 Å². The van der Waals surface area contributed by atoms with Gasteiger partial charge in [0, 0.05) is 38.0 Å². The monoisotopic (exact) mass is 518 g/mol. The Balaban J connectivity index is 1.60. The van der Waals surface area contributed by atoms with E-state index in [4.69, 9.17) is 32.7 Å². The minimum Gasteiger partial charge on any atom is -0.427 e. The highest BCUT2D eigenvalue weighted by molar-refractivity contribution is 6.42. The highest BCUT2D eigenvalue weighted by Crippen LogP contribution is 2.50. The number of halogens is 2. The molecule has 4 atom stereocenters. The Morgan fingerprint density at radius 3 is 2.69 bits per heavy atom. The molecule has 4 rings (SSSR count). The van der Waals surface area contributed by atoms with E-state index >= 15 is 0 Å². The van der Waals surface area contributed by atoms with E-state index in [2.05, 4.69) is 23.3 Å². The summed E-state index contributed by atoms with van der Waals surface area (Å²) in [6, 6.07) is 13.0. The van der Waals surface area contributed by atoms with Gasteiger partial charge in [-0.05, 0) is 68.2 Å². The molecular formula is C27H32Cl2N2O4. The second-order valence-electron chi connectivity index (χ2n) is 9.80. The smallest absolute Gasteiger partial charge is 0.308 e. The van der Waals surface area contributed by atoms with Crippen molar-refractivity contribution in [2.45, 2.75) is 50.2 Å². The SMILES string of the molecule is COC1C[C@@H](NC(=O)Cc2ccc(Cl)c(Cl)c2)C[C@]2(c3cccc(OC(C)=O)c3)CCN(C)C[C@@H]12. The van der Waals surface area contributed by atoms with E-state index in [0.29, 0.717) is 15.8 Å². The molecule has 2 aliphatic rings. The molecule has 1 aliphatic heterocycles. The van der Waals surface area contributed by atoms with Gasteiger partial charge in [-0.15, -0.1) is 0 Å². The summed E-state index contributed by atoms with van der Waals surface area (Å²) in [5.74, 6) is 0.396. The number of likely N-dealkylation sites (tertiary alicyclic amines) is 1. The maximum Gasteiger partial charge on any atom is 0.308 e.